The summed E-state index contributed by atoms with van der Waals surface area (Å²) in [4.78, 5) is 0. The minimum Gasteiger partial charge on any atom is -0.507 e. The van der Waals surface area contributed by atoms with E-state index in [9.17, 15) is 5.11 Å². The van der Waals surface area contributed by atoms with Gasteiger partial charge in [0.15, 0.2) is 0 Å². The Morgan fingerprint density at radius 3 is 2.43 bits per heavy atom. The second-order valence-corrected chi connectivity index (χ2v) is 7.97. The molecule has 0 bridgehead atoms. The number of rotatable bonds is 9. The van der Waals surface area contributed by atoms with Crippen molar-refractivity contribution in [3.05, 3.63) is 22.3 Å². The molecule has 1 N–H and O–H groups in total. The normalized spacial score (nSPS) is 16.4. The summed E-state index contributed by atoms with van der Waals surface area (Å²) in [5, 5.41) is 10.2. The number of hydrogen-bond donors (Lipinski definition) is 1. The lowest BCUT2D eigenvalue weighted by Crippen LogP contribution is -2.16. The first-order valence-electron chi connectivity index (χ1n) is 9.12. The van der Waals surface area contributed by atoms with Gasteiger partial charge in [-0.05, 0) is 49.6 Å². The predicted molar refractivity (Wildman–Crippen MR) is 101 cm³/mol. The van der Waals surface area contributed by atoms with Crippen LogP contribution in [0.2, 0.25) is 0 Å². The molecule has 0 aliphatic carbocycles. The van der Waals surface area contributed by atoms with Crippen molar-refractivity contribution in [2.45, 2.75) is 78.7 Å². The summed E-state index contributed by atoms with van der Waals surface area (Å²) in [5.74, 6) is 3.78. The van der Waals surface area contributed by atoms with Crippen LogP contribution in [0.15, 0.2) is 0 Å². The van der Waals surface area contributed by atoms with E-state index in [1.165, 1.54) is 49.8 Å². The Kier molecular flexibility index (Phi) is 7.13. The van der Waals surface area contributed by atoms with Crippen molar-refractivity contribution in [2.24, 2.45) is 0 Å². The number of ether oxygens (including phenoxy) is 1. The van der Waals surface area contributed by atoms with Gasteiger partial charge < -0.3 is 9.84 Å². The van der Waals surface area contributed by atoms with Crippen molar-refractivity contribution < 1.29 is 9.84 Å². The van der Waals surface area contributed by atoms with Gasteiger partial charge in [-0.3, -0.25) is 0 Å². The maximum absolute atomic E-state index is 10.2. The molecule has 1 atom stereocenters. The Morgan fingerprint density at radius 2 is 1.70 bits per heavy atom. The highest BCUT2D eigenvalue weighted by atomic mass is 32.2. The van der Waals surface area contributed by atoms with Crippen LogP contribution in [0.5, 0.6) is 11.5 Å². The van der Waals surface area contributed by atoms with Crippen LogP contribution >= 0.6 is 11.8 Å². The summed E-state index contributed by atoms with van der Waals surface area (Å²) in [7, 11) is 0. The monoisotopic (exact) mass is 336 g/mol. The van der Waals surface area contributed by atoms with E-state index in [-0.39, 0.29) is 6.10 Å². The molecule has 0 fully saturated rings. The van der Waals surface area contributed by atoms with E-state index in [1.807, 2.05) is 25.6 Å². The summed E-state index contributed by atoms with van der Waals surface area (Å²) in [6, 6.07) is 0. The average Bonchev–Trinajstić information content (AvgIpc) is 2.98. The maximum atomic E-state index is 10.2. The third-order valence-corrected chi connectivity index (χ3v) is 6.19. The molecule has 0 spiro atoms. The van der Waals surface area contributed by atoms with Crippen LogP contribution in [0.25, 0.3) is 0 Å². The topological polar surface area (TPSA) is 29.5 Å². The Morgan fingerprint density at radius 1 is 1.00 bits per heavy atom. The molecule has 1 aromatic rings. The second kappa shape index (κ2) is 8.86. The van der Waals surface area contributed by atoms with E-state index in [4.69, 9.17) is 4.74 Å². The quantitative estimate of drug-likeness (QED) is 0.585. The van der Waals surface area contributed by atoms with Gasteiger partial charge in [0, 0.05) is 17.7 Å². The number of aromatic hydroxyl groups is 1. The molecule has 0 saturated heterocycles. The van der Waals surface area contributed by atoms with Crippen LogP contribution in [0.1, 0.15) is 67.7 Å². The van der Waals surface area contributed by atoms with Crippen molar-refractivity contribution in [1.82, 2.24) is 0 Å². The first-order valence-corrected chi connectivity index (χ1v) is 10.3. The van der Waals surface area contributed by atoms with Gasteiger partial charge in [-0.2, -0.15) is 11.8 Å². The highest BCUT2D eigenvalue weighted by Gasteiger charge is 2.28. The number of thioether (sulfide) groups is 1. The van der Waals surface area contributed by atoms with E-state index < -0.39 is 0 Å². The van der Waals surface area contributed by atoms with Gasteiger partial charge in [-0.25, -0.2) is 0 Å². The molecule has 130 valence electrons. The van der Waals surface area contributed by atoms with Crippen LogP contribution in [0, 0.1) is 20.8 Å². The standard InChI is InChI=1S/C20H32O2S/c1-5-6-7-8-9-10-11-23-13-17-12-18-16(4)19(21)14(2)15(3)20(18)22-17/h17,21H,5-13H2,1-4H3. The van der Waals surface area contributed by atoms with Crippen molar-refractivity contribution in [2.75, 3.05) is 11.5 Å². The molecule has 1 aliphatic heterocycles. The van der Waals surface area contributed by atoms with Crippen LogP contribution in [0.3, 0.4) is 0 Å². The zero-order valence-electron chi connectivity index (χ0n) is 15.2. The van der Waals surface area contributed by atoms with E-state index in [0.717, 1.165) is 34.6 Å². The first-order chi connectivity index (χ1) is 11.1. The SMILES string of the molecule is CCCCCCCCSCC1Cc2c(C)c(O)c(C)c(C)c2O1. The van der Waals surface area contributed by atoms with Gasteiger partial charge in [0.25, 0.3) is 0 Å². The first kappa shape index (κ1) is 18.5. The fourth-order valence-electron chi connectivity index (χ4n) is 3.30. The molecule has 1 heterocycles. The van der Waals surface area contributed by atoms with Crippen molar-refractivity contribution in [1.29, 1.82) is 0 Å². The molecule has 2 rings (SSSR count). The molecule has 23 heavy (non-hydrogen) atoms. The lowest BCUT2D eigenvalue weighted by atomic mass is 9.96. The predicted octanol–water partition coefficient (Wildman–Crippen LogP) is 5.71. The molecule has 0 aromatic heterocycles. The summed E-state index contributed by atoms with van der Waals surface area (Å²) in [5.41, 5.74) is 4.29. The highest BCUT2D eigenvalue weighted by Crippen LogP contribution is 2.42. The summed E-state index contributed by atoms with van der Waals surface area (Å²) in [6.07, 6.45) is 9.39. The van der Waals surface area contributed by atoms with Gasteiger partial charge in [-0.1, -0.05) is 39.0 Å². The third-order valence-electron chi connectivity index (χ3n) is 5.00. The van der Waals surface area contributed by atoms with Gasteiger partial charge in [0.05, 0.1) is 0 Å². The third kappa shape index (κ3) is 4.59. The molecular formula is C20H32O2S. The van der Waals surface area contributed by atoms with Crippen LogP contribution in [0.4, 0.5) is 0 Å². The molecule has 0 saturated carbocycles. The van der Waals surface area contributed by atoms with E-state index in [2.05, 4.69) is 13.8 Å². The molecule has 0 radical (unpaired) electrons. The van der Waals surface area contributed by atoms with E-state index in [1.54, 1.807) is 0 Å². The number of unbranched alkanes of at least 4 members (excludes halogenated alkanes) is 5. The molecule has 2 nitrogen and oxygen atoms in total. The average molecular weight is 337 g/mol. The summed E-state index contributed by atoms with van der Waals surface area (Å²) < 4.78 is 6.18. The fourth-order valence-corrected chi connectivity index (χ4v) is 4.33. The Bertz CT molecular complexity index is 488. The minimum absolute atomic E-state index is 0.272. The Labute approximate surface area is 146 Å². The molecule has 1 aliphatic rings. The second-order valence-electron chi connectivity index (χ2n) is 6.82. The lowest BCUT2D eigenvalue weighted by Gasteiger charge is -2.13. The number of phenolic OH excluding ortho intramolecular Hbond substituents is 1. The number of fused-ring (bicyclic) bond motifs is 1. The summed E-state index contributed by atoms with van der Waals surface area (Å²) in [6.45, 7) is 8.30. The zero-order chi connectivity index (χ0) is 16.8. The lowest BCUT2D eigenvalue weighted by molar-refractivity contribution is 0.257. The number of benzene rings is 1. The minimum atomic E-state index is 0.272. The van der Waals surface area contributed by atoms with Crippen molar-refractivity contribution in [3.8, 4) is 11.5 Å². The van der Waals surface area contributed by atoms with Gasteiger partial charge in [0.2, 0.25) is 0 Å². The Hall–Kier alpha value is -0.830. The molecule has 0 amide bonds. The van der Waals surface area contributed by atoms with Crippen molar-refractivity contribution in [3.63, 3.8) is 0 Å². The highest BCUT2D eigenvalue weighted by molar-refractivity contribution is 7.99. The molecule has 1 unspecified atom stereocenters. The van der Waals surface area contributed by atoms with Gasteiger partial charge >= 0.3 is 0 Å². The largest absolute Gasteiger partial charge is 0.507 e. The van der Waals surface area contributed by atoms with Crippen LogP contribution in [-0.4, -0.2) is 22.7 Å². The van der Waals surface area contributed by atoms with Crippen molar-refractivity contribution >= 4 is 11.8 Å². The van der Waals surface area contributed by atoms with Crippen LogP contribution in [-0.2, 0) is 6.42 Å². The van der Waals surface area contributed by atoms with E-state index in [0.29, 0.717) is 5.75 Å². The van der Waals surface area contributed by atoms with E-state index >= 15 is 0 Å². The Balaban J connectivity index is 1.74. The fraction of sp³-hybridized carbons (Fsp3) is 0.700. The number of hydrogen-bond acceptors (Lipinski definition) is 3. The zero-order valence-corrected chi connectivity index (χ0v) is 16.0. The maximum Gasteiger partial charge on any atom is 0.126 e. The summed E-state index contributed by atoms with van der Waals surface area (Å²) >= 11 is 2.02. The molecule has 1 aromatic carbocycles. The number of phenols is 1. The van der Waals surface area contributed by atoms with Crippen LogP contribution < -0.4 is 4.74 Å². The van der Waals surface area contributed by atoms with Gasteiger partial charge in [-0.15, -0.1) is 0 Å². The van der Waals surface area contributed by atoms with Gasteiger partial charge in [0.1, 0.15) is 17.6 Å². The smallest absolute Gasteiger partial charge is 0.126 e. The molecular weight excluding hydrogens is 304 g/mol. The molecule has 3 heteroatoms.